The number of hydrogen-bond donors (Lipinski definition) is 3. The molecule has 0 spiro atoms. The maximum absolute atomic E-state index is 12.0. The normalized spacial score (nSPS) is 10.6. The van der Waals surface area contributed by atoms with Crippen LogP contribution in [0.3, 0.4) is 0 Å². The number of fused-ring (bicyclic) bond motifs is 2. The van der Waals surface area contributed by atoms with Crippen molar-refractivity contribution in [3.05, 3.63) is 45.0 Å². The third kappa shape index (κ3) is 4.85. The Morgan fingerprint density at radius 2 is 1.25 bits per heavy atom. The molecule has 4 rings (SSSR count). The monoisotopic (exact) mass is 503 g/mol. The lowest BCUT2D eigenvalue weighted by Crippen LogP contribution is -2.36. The Bertz CT molecular complexity index is 1630. The van der Waals surface area contributed by atoms with Gasteiger partial charge in [0.05, 0.1) is 0 Å². The van der Waals surface area contributed by atoms with Crippen LogP contribution in [-0.2, 0) is 22.7 Å². The van der Waals surface area contributed by atoms with Crippen LogP contribution in [0.25, 0.3) is 11.3 Å². The van der Waals surface area contributed by atoms with Crippen molar-refractivity contribution in [2.45, 2.75) is 13.1 Å². The molecule has 20 nitrogen and oxygen atoms in total. The summed E-state index contributed by atoms with van der Waals surface area (Å²) in [5.74, 6) is -3.21. The minimum Gasteiger partial charge on any atom is -0.480 e. The average Bonchev–Trinajstić information content (AvgIpc) is 3.43. The van der Waals surface area contributed by atoms with Gasteiger partial charge in [0.1, 0.15) is 25.7 Å². The number of primary amides is 2. The lowest BCUT2D eigenvalue weighted by molar-refractivity contribution is -0.138. The van der Waals surface area contributed by atoms with E-state index in [4.69, 9.17) is 16.6 Å². The van der Waals surface area contributed by atoms with E-state index in [1.165, 1.54) is 4.90 Å². The summed E-state index contributed by atoms with van der Waals surface area (Å²) in [6, 6.07) is 0. The van der Waals surface area contributed by atoms with Gasteiger partial charge in [-0.05, 0) is 0 Å². The molecule has 0 aromatic carbocycles. The van der Waals surface area contributed by atoms with Crippen LogP contribution >= 0.6 is 0 Å². The van der Waals surface area contributed by atoms with Crippen molar-refractivity contribution in [1.29, 1.82) is 0 Å². The zero-order chi connectivity index (χ0) is 26.7. The van der Waals surface area contributed by atoms with Crippen LogP contribution < -0.4 is 22.8 Å². The van der Waals surface area contributed by atoms with E-state index < -0.39 is 35.7 Å². The predicted molar refractivity (Wildman–Crippen MR) is 113 cm³/mol. The van der Waals surface area contributed by atoms with E-state index in [0.717, 1.165) is 26.1 Å². The van der Waals surface area contributed by atoms with Crippen molar-refractivity contribution in [2.24, 2.45) is 11.5 Å². The molecule has 20 heteroatoms. The van der Waals surface area contributed by atoms with Crippen LogP contribution in [-0.4, -0.2) is 96.5 Å². The van der Waals surface area contributed by atoms with Crippen molar-refractivity contribution < 1.29 is 24.3 Å². The van der Waals surface area contributed by atoms with E-state index in [9.17, 15) is 28.8 Å². The fourth-order valence-electron chi connectivity index (χ4n) is 2.62. The Morgan fingerprint density at radius 1 is 0.833 bits per heavy atom. The first-order valence-corrected chi connectivity index (χ1v) is 9.55. The van der Waals surface area contributed by atoms with Gasteiger partial charge in [0, 0.05) is 14.1 Å². The Morgan fingerprint density at radius 3 is 1.61 bits per heavy atom. The lowest BCUT2D eigenvalue weighted by atomic mass is 10.4. The third-order valence-corrected chi connectivity index (χ3v) is 4.37. The van der Waals surface area contributed by atoms with Gasteiger partial charge in [-0.15, -0.1) is 10.2 Å². The summed E-state index contributed by atoms with van der Waals surface area (Å²) in [4.78, 5) is 76.2. The first-order chi connectivity index (χ1) is 16.9. The van der Waals surface area contributed by atoms with Gasteiger partial charge in [0.25, 0.3) is 11.8 Å². The quantitative estimate of drug-likeness (QED) is 0.222. The zero-order valence-corrected chi connectivity index (χ0v) is 18.5. The molecule has 0 atom stereocenters. The van der Waals surface area contributed by atoms with Gasteiger partial charge in [0.2, 0.25) is 5.91 Å². The van der Waals surface area contributed by atoms with Gasteiger partial charge in [-0.25, -0.2) is 28.4 Å². The van der Waals surface area contributed by atoms with Crippen molar-refractivity contribution in [3.8, 4) is 0 Å². The number of rotatable bonds is 6. The SMILES string of the molecule is CN(C)C(=O)Cn1nnc2c(C(N)=O)ncn2c1=O.NC(=O)c1ncn2c(=O)n(CC(=O)O)nnc12. The van der Waals surface area contributed by atoms with E-state index in [1.54, 1.807) is 14.1 Å². The van der Waals surface area contributed by atoms with Gasteiger partial charge in [-0.2, -0.15) is 9.36 Å². The Kier molecular flexibility index (Phi) is 6.78. The molecule has 0 aliphatic carbocycles. The summed E-state index contributed by atoms with van der Waals surface area (Å²) >= 11 is 0. The van der Waals surface area contributed by atoms with Crippen LogP contribution in [0.15, 0.2) is 22.2 Å². The summed E-state index contributed by atoms with van der Waals surface area (Å²) in [5.41, 5.74) is 8.21. The van der Waals surface area contributed by atoms with Gasteiger partial charge in [-0.3, -0.25) is 19.2 Å². The highest BCUT2D eigenvalue weighted by Gasteiger charge is 2.17. The number of amides is 3. The van der Waals surface area contributed by atoms with E-state index in [-0.39, 0.29) is 35.1 Å². The number of hydrogen-bond acceptors (Lipinski definition) is 12. The Labute approximate surface area is 197 Å². The standard InChI is InChI=1S/C9H11N7O3.C7H6N6O4/c1-14(2)5(17)3-16-9(19)15-4-11-6(7(10)18)8(15)12-13-16;8-5(16)4-6-10-11-13(1-3(14)15)7(17)12(6)2-9-4/h4H,3H2,1-2H3,(H2,10,18);2H,1H2,(H2,8,16)(H,14,15). The van der Waals surface area contributed by atoms with Gasteiger partial charge in [-0.1, -0.05) is 10.4 Å². The number of imidazole rings is 2. The average molecular weight is 503 g/mol. The number of nitrogens with zero attached hydrogens (tertiary/aromatic N) is 11. The molecule has 5 N–H and O–H groups in total. The van der Waals surface area contributed by atoms with Crippen LogP contribution in [0.2, 0.25) is 0 Å². The largest absolute Gasteiger partial charge is 0.480 e. The molecular formula is C16H17N13O7. The highest BCUT2D eigenvalue weighted by atomic mass is 16.4. The van der Waals surface area contributed by atoms with Crippen molar-refractivity contribution in [1.82, 2.24) is 53.7 Å². The highest BCUT2D eigenvalue weighted by Crippen LogP contribution is 2.01. The Balaban J connectivity index is 0.000000202. The second-order valence-corrected chi connectivity index (χ2v) is 7.04. The number of aliphatic carboxylic acids is 1. The predicted octanol–water partition coefficient (Wildman–Crippen LogP) is -5.06. The number of carboxylic acids is 1. The molecule has 4 aromatic rings. The van der Waals surface area contributed by atoms with Crippen molar-refractivity contribution in [2.75, 3.05) is 14.1 Å². The fourth-order valence-corrected chi connectivity index (χ4v) is 2.62. The molecule has 0 fully saturated rings. The molecule has 0 saturated carbocycles. The second kappa shape index (κ2) is 9.74. The molecular weight excluding hydrogens is 486 g/mol. The maximum Gasteiger partial charge on any atom is 0.353 e. The smallest absolute Gasteiger partial charge is 0.353 e. The number of carboxylic acid groups (broad SMARTS) is 1. The lowest BCUT2D eigenvalue weighted by Gasteiger charge is -2.10. The first-order valence-electron chi connectivity index (χ1n) is 9.55. The molecule has 0 aliphatic rings. The zero-order valence-electron chi connectivity index (χ0n) is 18.5. The first kappa shape index (κ1) is 25.1. The third-order valence-electron chi connectivity index (χ3n) is 4.37. The number of nitrogens with two attached hydrogens (primary N) is 2. The summed E-state index contributed by atoms with van der Waals surface area (Å²) in [7, 11) is 3.11. The minimum absolute atomic E-state index is 0.0361. The molecule has 0 radical (unpaired) electrons. The molecule has 0 unspecified atom stereocenters. The van der Waals surface area contributed by atoms with Crippen LogP contribution in [0.5, 0.6) is 0 Å². The number of carbonyl (C=O) groups is 4. The Hall–Kier alpha value is -5.56. The van der Waals surface area contributed by atoms with Gasteiger partial charge >= 0.3 is 17.3 Å². The maximum atomic E-state index is 12.0. The van der Waals surface area contributed by atoms with Crippen molar-refractivity contribution >= 4 is 35.0 Å². The molecule has 3 amide bonds. The number of carbonyl (C=O) groups excluding carboxylic acids is 3. The fraction of sp³-hybridized carbons (Fsp3) is 0.250. The van der Waals surface area contributed by atoms with Crippen LogP contribution in [0, 0.1) is 0 Å². The van der Waals surface area contributed by atoms with E-state index in [2.05, 4.69) is 30.6 Å². The summed E-state index contributed by atoms with van der Waals surface area (Å²) in [5, 5.41) is 22.7. The molecule has 0 saturated heterocycles. The number of aromatic nitrogens is 10. The minimum atomic E-state index is -1.24. The molecule has 0 bridgehead atoms. The summed E-state index contributed by atoms with van der Waals surface area (Å²) in [6.07, 6.45) is 2.15. The van der Waals surface area contributed by atoms with Crippen LogP contribution in [0.1, 0.15) is 21.0 Å². The molecule has 188 valence electrons. The summed E-state index contributed by atoms with van der Waals surface area (Å²) in [6.45, 7) is -0.884. The molecule has 4 heterocycles. The van der Waals surface area contributed by atoms with E-state index >= 15 is 0 Å². The topological polar surface area (TPSA) is 274 Å². The van der Waals surface area contributed by atoms with Crippen molar-refractivity contribution in [3.63, 3.8) is 0 Å². The van der Waals surface area contributed by atoms with E-state index in [0.29, 0.717) is 4.68 Å². The molecule has 36 heavy (non-hydrogen) atoms. The highest BCUT2D eigenvalue weighted by molar-refractivity contribution is 5.97. The van der Waals surface area contributed by atoms with Gasteiger partial charge in [0.15, 0.2) is 22.7 Å². The van der Waals surface area contributed by atoms with Crippen LogP contribution in [0.4, 0.5) is 0 Å². The van der Waals surface area contributed by atoms with Gasteiger partial charge < -0.3 is 21.5 Å². The molecule has 4 aromatic heterocycles. The van der Waals surface area contributed by atoms with E-state index in [1.807, 2.05) is 0 Å². The molecule has 0 aliphatic heterocycles. The number of likely N-dealkylation sites (N-methyl/N-ethyl adjacent to an activating group) is 1. The second-order valence-electron chi connectivity index (χ2n) is 7.04. The summed E-state index contributed by atoms with van der Waals surface area (Å²) < 4.78 is 3.41.